The van der Waals surface area contributed by atoms with Crippen molar-refractivity contribution in [3.63, 3.8) is 0 Å². The smallest absolute Gasteiger partial charge is 0.129 e. The van der Waals surface area contributed by atoms with Crippen molar-refractivity contribution in [1.29, 1.82) is 0 Å². The third-order valence-electron chi connectivity index (χ3n) is 2.49. The van der Waals surface area contributed by atoms with Gasteiger partial charge in [0, 0.05) is 21.2 Å². The molecule has 2 nitrogen and oxygen atoms in total. The minimum atomic E-state index is -1.37. The molecular weight excluding hydrogens is 273 g/mol. The van der Waals surface area contributed by atoms with E-state index >= 15 is 0 Å². The summed E-state index contributed by atoms with van der Waals surface area (Å²) < 4.78 is 25.7. The Labute approximate surface area is 112 Å². The van der Waals surface area contributed by atoms with Crippen molar-refractivity contribution in [2.45, 2.75) is 10.6 Å². The van der Waals surface area contributed by atoms with Gasteiger partial charge < -0.3 is 5.73 Å². The van der Waals surface area contributed by atoms with Gasteiger partial charge in [-0.05, 0) is 30.3 Å². The van der Waals surface area contributed by atoms with Crippen molar-refractivity contribution < 1.29 is 8.60 Å². The molecule has 0 fully saturated rings. The SMILES string of the molecule is Nc1cccc(F)c1CS(=O)c1cccc(Cl)c1. The summed E-state index contributed by atoms with van der Waals surface area (Å²) in [6.45, 7) is 0. The van der Waals surface area contributed by atoms with E-state index in [0.717, 1.165) is 0 Å². The fourth-order valence-electron chi connectivity index (χ4n) is 1.55. The van der Waals surface area contributed by atoms with Crippen molar-refractivity contribution in [1.82, 2.24) is 0 Å². The highest BCUT2D eigenvalue weighted by atomic mass is 35.5. The maximum absolute atomic E-state index is 13.6. The van der Waals surface area contributed by atoms with Crippen LogP contribution in [-0.2, 0) is 16.6 Å². The van der Waals surface area contributed by atoms with Crippen LogP contribution < -0.4 is 5.73 Å². The normalized spacial score (nSPS) is 12.3. The lowest BCUT2D eigenvalue weighted by Gasteiger charge is -2.07. The molecule has 0 spiro atoms. The zero-order valence-electron chi connectivity index (χ0n) is 9.40. The van der Waals surface area contributed by atoms with Crippen LogP contribution in [-0.4, -0.2) is 4.21 Å². The average molecular weight is 284 g/mol. The highest BCUT2D eigenvalue weighted by Crippen LogP contribution is 2.21. The van der Waals surface area contributed by atoms with Crippen LogP contribution in [0.5, 0.6) is 0 Å². The maximum Gasteiger partial charge on any atom is 0.129 e. The van der Waals surface area contributed by atoms with Crippen LogP contribution in [0.3, 0.4) is 0 Å². The number of benzene rings is 2. The number of halogens is 2. The average Bonchev–Trinajstić information content (AvgIpc) is 2.34. The van der Waals surface area contributed by atoms with Crippen LogP contribution in [0.25, 0.3) is 0 Å². The molecule has 1 unspecified atom stereocenters. The molecule has 0 saturated heterocycles. The van der Waals surface area contributed by atoms with Gasteiger partial charge in [0.1, 0.15) is 5.82 Å². The van der Waals surface area contributed by atoms with Crippen LogP contribution in [0.15, 0.2) is 47.4 Å². The van der Waals surface area contributed by atoms with Gasteiger partial charge >= 0.3 is 0 Å². The molecule has 0 aliphatic carbocycles. The molecule has 0 radical (unpaired) electrons. The summed E-state index contributed by atoms with van der Waals surface area (Å²) in [7, 11) is -1.37. The van der Waals surface area contributed by atoms with Crippen LogP contribution in [0, 0.1) is 5.82 Å². The van der Waals surface area contributed by atoms with Crippen molar-refractivity contribution in [2.24, 2.45) is 0 Å². The fraction of sp³-hybridized carbons (Fsp3) is 0.0769. The minimum absolute atomic E-state index is 0.0405. The van der Waals surface area contributed by atoms with Gasteiger partial charge in [0.2, 0.25) is 0 Å². The van der Waals surface area contributed by atoms with E-state index in [2.05, 4.69) is 0 Å². The largest absolute Gasteiger partial charge is 0.398 e. The van der Waals surface area contributed by atoms with Crippen LogP contribution >= 0.6 is 11.6 Å². The molecule has 0 bridgehead atoms. The molecule has 0 amide bonds. The molecule has 0 saturated carbocycles. The second-order valence-electron chi connectivity index (χ2n) is 3.75. The lowest BCUT2D eigenvalue weighted by atomic mass is 10.2. The highest BCUT2D eigenvalue weighted by molar-refractivity contribution is 7.84. The minimum Gasteiger partial charge on any atom is -0.398 e. The van der Waals surface area contributed by atoms with E-state index < -0.39 is 16.6 Å². The predicted octanol–water partition coefficient (Wildman–Crippen LogP) is 3.37. The molecule has 94 valence electrons. The molecule has 2 aromatic carbocycles. The molecule has 0 heterocycles. The van der Waals surface area contributed by atoms with E-state index in [9.17, 15) is 8.60 Å². The molecule has 0 aliphatic rings. The van der Waals surface area contributed by atoms with Crippen LogP contribution in [0.4, 0.5) is 10.1 Å². The van der Waals surface area contributed by atoms with Gasteiger partial charge in [0.25, 0.3) is 0 Å². The van der Waals surface area contributed by atoms with Gasteiger partial charge in [0.15, 0.2) is 0 Å². The number of nitrogens with two attached hydrogens (primary N) is 1. The van der Waals surface area contributed by atoms with Gasteiger partial charge in [-0.15, -0.1) is 0 Å². The maximum atomic E-state index is 13.6. The number of nitrogen functional groups attached to an aromatic ring is 1. The van der Waals surface area contributed by atoms with Gasteiger partial charge in [-0.1, -0.05) is 23.7 Å². The Morgan fingerprint density at radius 2 is 1.94 bits per heavy atom. The van der Waals surface area contributed by atoms with Crippen LogP contribution in [0.2, 0.25) is 5.02 Å². The summed E-state index contributed by atoms with van der Waals surface area (Å²) >= 11 is 5.82. The summed E-state index contributed by atoms with van der Waals surface area (Å²) in [5.41, 5.74) is 6.26. The van der Waals surface area contributed by atoms with E-state index in [1.807, 2.05) is 0 Å². The summed E-state index contributed by atoms with van der Waals surface area (Å²) in [6.07, 6.45) is 0. The second kappa shape index (κ2) is 5.50. The zero-order valence-corrected chi connectivity index (χ0v) is 11.0. The van der Waals surface area contributed by atoms with E-state index in [-0.39, 0.29) is 11.3 Å². The first-order valence-electron chi connectivity index (χ1n) is 5.25. The van der Waals surface area contributed by atoms with E-state index in [4.69, 9.17) is 17.3 Å². The lowest BCUT2D eigenvalue weighted by molar-refractivity contribution is 0.616. The van der Waals surface area contributed by atoms with Crippen molar-refractivity contribution in [3.8, 4) is 0 Å². The Morgan fingerprint density at radius 1 is 1.22 bits per heavy atom. The Hall–Kier alpha value is -1.39. The molecule has 5 heteroatoms. The topological polar surface area (TPSA) is 43.1 Å². The van der Waals surface area contributed by atoms with E-state index in [1.54, 1.807) is 30.3 Å². The lowest BCUT2D eigenvalue weighted by Crippen LogP contribution is -2.03. The Kier molecular flexibility index (Phi) is 3.99. The number of hydrogen-bond donors (Lipinski definition) is 1. The Morgan fingerprint density at radius 3 is 2.61 bits per heavy atom. The summed E-state index contributed by atoms with van der Waals surface area (Å²) in [4.78, 5) is 0.560. The summed E-state index contributed by atoms with van der Waals surface area (Å²) in [5, 5.41) is 0.502. The van der Waals surface area contributed by atoms with Gasteiger partial charge in [-0.2, -0.15) is 0 Å². The highest BCUT2D eigenvalue weighted by Gasteiger charge is 2.12. The molecule has 2 aromatic rings. The monoisotopic (exact) mass is 283 g/mol. The van der Waals surface area contributed by atoms with Gasteiger partial charge in [-0.25, -0.2) is 4.39 Å². The summed E-state index contributed by atoms with van der Waals surface area (Å²) in [6, 6.07) is 11.1. The van der Waals surface area contributed by atoms with Crippen molar-refractivity contribution >= 4 is 28.1 Å². The van der Waals surface area contributed by atoms with Crippen molar-refractivity contribution in [2.75, 3.05) is 5.73 Å². The molecule has 18 heavy (non-hydrogen) atoms. The zero-order chi connectivity index (χ0) is 13.1. The molecule has 1 atom stereocenters. The second-order valence-corrected chi connectivity index (χ2v) is 5.64. The fourth-order valence-corrected chi connectivity index (χ4v) is 3.03. The standard InChI is InChI=1S/C13H11ClFNOS/c14-9-3-1-4-10(7-9)18(17)8-11-12(15)5-2-6-13(11)16/h1-7H,8,16H2. The molecule has 0 aromatic heterocycles. The molecule has 0 aliphatic heterocycles. The number of anilines is 1. The molecular formula is C13H11ClFNOS. The molecule has 2 rings (SSSR count). The first kappa shape index (κ1) is 13.1. The van der Waals surface area contributed by atoms with E-state index in [0.29, 0.717) is 15.6 Å². The third-order valence-corrected chi connectivity index (χ3v) is 4.06. The predicted molar refractivity (Wildman–Crippen MR) is 72.4 cm³/mol. The first-order chi connectivity index (χ1) is 8.58. The van der Waals surface area contributed by atoms with Gasteiger partial charge in [0.05, 0.1) is 16.6 Å². The Balaban J connectivity index is 2.27. The first-order valence-corrected chi connectivity index (χ1v) is 6.94. The Bertz CT molecular complexity index is 583. The van der Waals surface area contributed by atoms with Crippen LogP contribution in [0.1, 0.15) is 5.56 Å². The summed E-state index contributed by atoms with van der Waals surface area (Å²) in [5.74, 6) is -0.399. The number of hydrogen-bond acceptors (Lipinski definition) is 2. The molecule has 2 N–H and O–H groups in total. The van der Waals surface area contributed by atoms with E-state index in [1.165, 1.54) is 12.1 Å². The number of rotatable bonds is 3. The third kappa shape index (κ3) is 2.89. The quantitative estimate of drug-likeness (QED) is 0.878. The van der Waals surface area contributed by atoms with Gasteiger partial charge in [-0.3, -0.25) is 4.21 Å². The van der Waals surface area contributed by atoms with Crippen molar-refractivity contribution in [3.05, 3.63) is 58.9 Å².